The molecule has 0 aromatic heterocycles. The summed E-state index contributed by atoms with van der Waals surface area (Å²) < 4.78 is 29.5. The van der Waals surface area contributed by atoms with Crippen LogP contribution in [0.3, 0.4) is 0 Å². The van der Waals surface area contributed by atoms with Crippen LogP contribution in [-0.2, 0) is 6.42 Å². The number of hydrogen-bond acceptors (Lipinski definition) is 5. The van der Waals surface area contributed by atoms with Gasteiger partial charge in [-0.3, -0.25) is 0 Å². The Kier molecular flexibility index (Phi) is 3.76. The average Bonchev–Trinajstić information content (AvgIpc) is 2.70. The molecule has 2 atom stereocenters. The zero-order chi connectivity index (χ0) is 19.5. The van der Waals surface area contributed by atoms with E-state index in [2.05, 4.69) is 38.1 Å². The van der Waals surface area contributed by atoms with Gasteiger partial charge in [-0.1, -0.05) is 6.07 Å². The van der Waals surface area contributed by atoms with E-state index >= 15 is 0 Å². The third kappa shape index (κ3) is 2.60. The highest BCUT2D eigenvalue weighted by Crippen LogP contribution is 2.49. The first-order chi connectivity index (χ1) is 13.5. The van der Waals surface area contributed by atoms with Crippen molar-refractivity contribution in [1.82, 2.24) is 0 Å². The summed E-state index contributed by atoms with van der Waals surface area (Å²) in [5, 5.41) is 0. The van der Waals surface area contributed by atoms with E-state index in [1.54, 1.807) is 14.2 Å². The van der Waals surface area contributed by atoms with Gasteiger partial charge in [0.2, 0.25) is 0 Å². The molecule has 0 saturated carbocycles. The number of hydrogen-bond donors (Lipinski definition) is 0. The second-order valence-electron chi connectivity index (χ2n) is 8.03. The molecule has 3 heterocycles. The Morgan fingerprint density at radius 1 is 1.04 bits per heavy atom. The van der Waals surface area contributed by atoms with Crippen molar-refractivity contribution in [3.8, 4) is 28.7 Å². The zero-order valence-electron chi connectivity index (χ0n) is 16.6. The van der Waals surface area contributed by atoms with Crippen LogP contribution in [0.25, 0.3) is 6.08 Å². The molecule has 0 radical (unpaired) electrons. The molecular weight excluding hydrogens is 356 g/mol. The lowest BCUT2D eigenvalue weighted by Gasteiger charge is -2.39. The van der Waals surface area contributed by atoms with Crippen LogP contribution in [0.2, 0.25) is 0 Å². The Balaban J connectivity index is 1.55. The summed E-state index contributed by atoms with van der Waals surface area (Å²) in [6.07, 6.45) is 5.03. The molecule has 0 spiro atoms. The lowest BCUT2D eigenvalue weighted by molar-refractivity contribution is 0.0717. The topological polar surface area (TPSA) is 46.2 Å². The number of fused-ring (bicyclic) bond motifs is 6. The van der Waals surface area contributed by atoms with Gasteiger partial charge in [0.05, 0.1) is 19.8 Å². The van der Waals surface area contributed by atoms with Crippen LogP contribution in [0.4, 0.5) is 0 Å². The number of ether oxygens (including phenoxy) is 5. The Morgan fingerprint density at radius 3 is 2.61 bits per heavy atom. The highest BCUT2D eigenvalue weighted by molar-refractivity contribution is 5.70. The predicted octanol–water partition coefficient (Wildman–Crippen LogP) is 4.37. The van der Waals surface area contributed by atoms with Crippen molar-refractivity contribution in [3.63, 3.8) is 0 Å². The summed E-state index contributed by atoms with van der Waals surface area (Å²) in [5.74, 6) is 4.22. The molecule has 0 N–H and O–H groups in total. The summed E-state index contributed by atoms with van der Waals surface area (Å²) in [4.78, 5) is 0. The van der Waals surface area contributed by atoms with Gasteiger partial charge in [0, 0.05) is 17.5 Å². The maximum Gasteiger partial charge on any atom is 0.164 e. The fourth-order valence-electron chi connectivity index (χ4n) is 4.30. The Bertz CT molecular complexity index is 975. The molecule has 0 bridgehead atoms. The molecule has 3 aliphatic heterocycles. The molecule has 3 aliphatic rings. The normalized spacial score (nSPS) is 23.0. The first kappa shape index (κ1) is 17.3. The number of methoxy groups -OCH3 is 2. The van der Waals surface area contributed by atoms with Gasteiger partial charge in [0.15, 0.2) is 11.5 Å². The van der Waals surface area contributed by atoms with E-state index in [1.165, 1.54) is 5.56 Å². The van der Waals surface area contributed by atoms with Gasteiger partial charge in [-0.15, -0.1) is 0 Å². The minimum absolute atomic E-state index is 0.0482. The zero-order valence-corrected chi connectivity index (χ0v) is 16.6. The molecule has 2 aromatic carbocycles. The molecule has 0 fully saturated rings. The quantitative estimate of drug-likeness (QED) is 0.774. The van der Waals surface area contributed by atoms with Gasteiger partial charge < -0.3 is 23.7 Å². The number of benzene rings is 2. The van der Waals surface area contributed by atoms with E-state index in [0.717, 1.165) is 34.8 Å². The second kappa shape index (κ2) is 6.09. The molecule has 146 valence electrons. The Hall–Kier alpha value is -2.82. The van der Waals surface area contributed by atoms with E-state index < -0.39 is 0 Å². The van der Waals surface area contributed by atoms with Crippen LogP contribution in [0.5, 0.6) is 28.7 Å². The molecule has 0 aliphatic carbocycles. The minimum Gasteiger partial charge on any atom is -0.493 e. The first-order valence-electron chi connectivity index (χ1n) is 9.58. The van der Waals surface area contributed by atoms with Crippen molar-refractivity contribution in [2.75, 3.05) is 20.8 Å². The molecule has 5 heteroatoms. The van der Waals surface area contributed by atoms with E-state index in [9.17, 15) is 0 Å². The van der Waals surface area contributed by atoms with Gasteiger partial charge in [-0.25, -0.2) is 0 Å². The lowest BCUT2D eigenvalue weighted by atomic mass is 9.82. The van der Waals surface area contributed by atoms with E-state index in [-0.39, 0.29) is 17.6 Å². The number of rotatable bonds is 2. The van der Waals surface area contributed by atoms with Gasteiger partial charge in [-0.05, 0) is 50.1 Å². The van der Waals surface area contributed by atoms with Crippen LogP contribution in [-0.4, -0.2) is 32.5 Å². The molecule has 5 nitrogen and oxygen atoms in total. The van der Waals surface area contributed by atoms with Crippen molar-refractivity contribution >= 4 is 6.08 Å². The molecule has 2 aromatic rings. The minimum atomic E-state index is -0.305. The third-order valence-corrected chi connectivity index (χ3v) is 5.74. The van der Waals surface area contributed by atoms with Gasteiger partial charge in [0.1, 0.15) is 35.6 Å². The monoisotopic (exact) mass is 380 g/mol. The summed E-state index contributed by atoms with van der Waals surface area (Å²) >= 11 is 0. The third-order valence-electron chi connectivity index (χ3n) is 5.74. The fraction of sp³-hybridized carbons (Fsp3) is 0.391. The molecule has 28 heavy (non-hydrogen) atoms. The van der Waals surface area contributed by atoms with E-state index in [0.29, 0.717) is 18.1 Å². The summed E-state index contributed by atoms with van der Waals surface area (Å²) in [6.45, 7) is 4.61. The van der Waals surface area contributed by atoms with Crippen molar-refractivity contribution in [2.45, 2.75) is 37.9 Å². The van der Waals surface area contributed by atoms with Gasteiger partial charge in [0.25, 0.3) is 0 Å². The van der Waals surface area contributed by atoms with E-state index in [4.69, 9.17) is 23.7 Å². The van der Waals surface area contributed by atoms with Crippen LogP contribution in [0.15, 0.2) is 30.3 Å². The molecule has 0 unspecified atom stereocenters. The highest BCUT2D eigenvalue weighted by atomic mass is 16.5. The van der Waals surface area contributed by atoms with Crippen molar-refractivity contribution in [2.24, 2.45) is 0 Å². The van der Waals surface area contributed by atoms with Crippen LogP contribution >= 0.6 is 0 Å². The smallest absolute Gasteiger partial charge is 0.164 e. The fourth-order valence-corrected chi connectivity index (χ4v) is 4.30. The second-order valence-corrected chi connectivity index (χ2v) is 8.03. The Labute approximate surface area is 164 Å². The molecule has 0 saturated heterocycles. The predicted molar refractivity (Wildman–Crippen MR) is 106 cm³/mol. The van der Waals surface area contributed by atoms with E-state index in [1.807, 2.05) is 12.1 Å². The lowest BCUT2D eigenvalue weighted by Crippen LogP contribution is -2.40. The molecule has 5 rings (SSSR count). The maximum atomic E-state index is 6.46. The van der Waals surface area contributed by atoms with Crippen molar-refractivity contribution in [3.05, 3.63) is 47.0 Å². The summed E-state index contributed by atoms with van der Waals surface area (Å²) in [7, 11) is 3.29. The van der Waals surface area contributed by atoms with Crippen molar-refractivity contribution in [1.29, 1.82) is 0 Å². The van der Waals surface area contributed by atoms with Crippen LogP contribution in [0, 0.1) is 0 Å². The largest absolute Gasteiger partial charge is 0.493 e. The standard InChI is InChI=1S/C23H24O5/c1-23(2)8-7-14-17(28-23)6-5-13-9-15-16-10-19(24-3)20(25-4)11-18(16)26-12-21(15)27-22(13)14/h5-8,10-11,15,21H,9,12H2,1-4H3/t15-,21+/m0/s1. The summed E-state index contributed by atoms with van der Waals surface area (Å²) in [6, 6.07) is 8.10. The summed E-state index contributed by atoms with van der Waals surface area (Å²) in [5.41, 5.74) is 3.01. The Morgan fingerprint density at radius 2 is 1.82 bits per heavy atom. The van der Waals surface area contributed by atoms with Crippen LogP contribution in [0.1, 0.15) is 36.5 Å². The highest BCUT2D eigenvalue weighted by Gasteiger charge is 2.39. The molecular formula is C23H24O5. The van der Waals surface area contributed by atoms with Crippen molar-refractivity contribution < 1.29 is 23.7 Å². The van der Waals surface area contributed by atoms with Gasteiger partial charge >= 0.3 is 0 Å². The van der Waals surface area contributed by atoms with Gasteiger partial charge in [-0.2, -0.15) is 0 Å². The van der Waals surface area contributed by atoms with Crippen LogP contribution < -0.4 is 23.7 Å². The SMILES string of the molecule is COc1cc2c(cc1OC)[C@@H]1Cc3ccc4c(c3O[C@@H]1CO2)C=CC(C)(C)O4. The first-order valence-corrected chi connectivity index (χ1v) is 9.58. The maximum absolute atomic E-state index is 6.46. The average molecular weight is 380 g/mol. The molecule has 0 amide bonds.